The Morgan fingerprint density at radius 1 is 1.14 bits per heavy atom. The molecular weight excluding hydrogens is 436 g/mol. The maximum Gasteiger partial charge on any atom is 0.435 e. The number of nitrogens with one attached hydrogen (secondary N) is 1. The Morgan fingerprint density at radius 2 is 1.90 bits per heavy atom. The van der Waals surface area contributed by atoms with Gasteiger partial charge in [0.05, 0.1) is 17.9 Å². The minimum Gasteiger partial charge on any atom is -0.442 e. The van der Waals surface area contributed by atoms with Gasteiger partial charge in [-0.15, -0.1) is 0 Å². The van der Waals surface area contributed by atoms with Gasteiger partial charge < -0.3 is 14.5 Å². The first-order chi connectivity index (χ1) is 13.8. The van der Waals surface area contributed by atoms with E-state index in [0.717, 1.165) is 21.1 Å². The van der Waals surface area contributed by atoms with Gasteiger partial charge in [-0.05, 0) is 51.1 Å². The smallest absolute Gasteiger partial charge is 0.435 e. The predicted octanol–water partition coefficient (Wildman–Crippen LogP) is 5.98. The number of ether oxygens (including phenoxy) is 1. The summed E-state index contributed by atoms with van der Waals surface area (Å²) in [4.78, 5) is 16.6. The van der Waals surface area contributed by atoms with E-state index >= 15 is 0 Å². The third-order valence-electron chi connectivity index (χ3n) is 4.02. The van der Waals surface area contributed by atoms with Gasteiger partial charge in [0.2, 0.25) is 0 Å². The van der Waals surface area contributed by atoms with E-state index < -0.39 is 11.7 Å². The fraction of sp³-hybridized carbons (Fsp3) is 0.190. The van der Waals surface area contributed by atoms with Crippen molar-refractivity contribution in [2.45, 2.75) is 26.4 Å². The van der Waals surface area contributed by atoms with Crippen molar-refractivity contribution in [3.8, 4) is 11.3 Å². The molecule has 0 spiro atoms. The Morgan fingerprint density at radius 3 is 2.62 bits per heavy atom. The topological polar surface area (TPSA) is 82.2 Å². The fourth-order valence-electron chi connectivity index (χ4n) is 2.76. The number of carbonyl (C=O) groups is 1. The van der Waals surface area contributed by atoms with Gasteiger partial charge in [0.25, 0.3) is 6.01 Å². The van der Waals surface area contributed by atoms with Gasteiger partial charge >= 0.3 is 6.09 Å². The molecule has 0 unspecified atom stereocenters. The van der Waals surface area contributed by atoms with Crippen LogP contribution in [0.25, 0.3) is 22.2 Å². The number of carbonyl (C=O) groups excluding carboxylic acids is 1. The molecule has 0 atom stereocenters. The van der Waals surface area contributed by atoms with Crippen LogP contribution in [-0.2, 0) is 4.74 Å². The number of oxazole rings is 1. The molecule has 0 saturated heterocycles. The summed E-state index contributed by atoms with van der Waals surface area (Å²) in [5.74, 6) is 0.666. The Balaban J connectivity index is 1.54. The quantitative estimate of drug-likeness (QED) is 0.409. The minimum atomic E-state index is -0.589. The van der Waals surface area contributed by atoms with Crippen molar-refractivity contribution in [3.05, 3.63) is 59.3 Å². The largest absolute Gasteiger partial charge is 0.442 e. The Labute approximate surface area is 175 Å². The number of benzene rings is 2. The van der Waals surface area contributed by atoms with Crippen LogP contribution in [0.3, 0.4) is 0 Å². The highest BCUT2D eigenvalue weighted by Gasteiger charge is 2.20. The summed E-state index contributed by atoms with van der Waals surface area (Å²) in [7, 11) is 0. The summed E-state index contributed by atoms with van der Waals surface area (Å²) in [6.45, 7) is 5.45. The van der Waals surface area contributed by atoms with E-state index in [2.05, 4.69) is 31.3 Å². The van der Waals surface area contributed by atoms with E-state index in [-0.39, 0.29) is 0 Å². The van der Waals surface area contributed by atoms with E-state index in [4.69, 9.17) is 9.15 Å². The molecule has 29 heavy (non-hydrogen) atoms. The normalized spacial score (nSPS) is 11.6. The first-order valence-electron chi connectivity index (χ1n) is 8.98. The number of nitrogens with zero attached hydrogens (tertiary/aromatic N) is 3. The van der Waals surface area contributed by atoms with Crippen LogP contribution < -0.4 is 5.32 Å². The van der Waals surface area contributed by atoms with Crippen LogP contribution in [0.1, 0.15) is 20.8 Å². The number of rotatable bonds is 3. The first-order valence-corrected chi connectivity index (χ1v) is 9.78. The van der Waals surface area contributed by atoms with Crippen LogP contribution >= 0.6 is 15.9 Å². The van der Waals surface area contributed by atoms with Crippen LogP contribution in [-0.4, -0.2) is 26.5 Å². The number of halogens is 1. The van der Waals surface area contributed by atoms with Crippen LogP contribution in [0.15, 0.2) is 63.7 Å². The van der Waals surface area contributed by atoms with Crippen molar-refractivity contribution < 1.29 is 13.9 Å². The van der Waals surface area contributed by atoms with Crippen molar-refractivity contribution in [1.82, 2.24) is 14.8 Å². The molecule has 2 aromatic heterocycles. The molecule has 0 radical (unpaired) electrons. The summed E-state index contributed by atoms with van der Waals surface area (Å²) in [5, 5.41) is 8.08. The monoisotopic (exact) mass is 454 g/mol. The molecule has 0 saturated carbocycles. The third kappa shape index (κ3) is 4.32. The number of aromatic nitrogens is 3. The zero-order chi connectivity index (χ0) is 20.6. The lowest BCUT2D eigenvalue weighted by Gasteiger charge is -2.19. The van der Waals surface area contributed by atoms with Crippen molar-refractivity contribution in [2.24, 2.45) is 0 Å². The Kier molecular flexibility index (Phi) is 4.87. The summed E-state index contributed by atoms with van der Waals surface area (Å²) in [6, 6.07) is 13.7. The minimum absolute atomic E-state index is 0.377. The molecule has 0 aliphatic carbocycles. The molecule has 0 aliphatic rings. The number of anilines is 2. The highest BCUT2D eigenvalue weighted by Crippen LogP contribution is 2.27. The highest BCUT2D eigenvalue weighted by atomic mass is 79.9. The average molecular weight is 455 g/mol. The lowest BCUT2D eigenvalue weighted by Crippen LogP contribution is -2.27. The third-order valence-corrected chi connectivity index (χ3v) is 4.55. The SMILES string of the molecule is CC(C)(C)OC(=O)n1ncc2cc(Nc3ncc(-c4ccc(Br)cc4)o3)ccc21. The molecule has 4 aromatic rings. The molecule has 4 rings (SSSR count). The molecule has 0 fully saturated rings. The maximum absolute atomic E-state index is 12.3. The van der Waals surface area contributed by atoms with Gasteiger partial charge in [0, 0.05) is 21.1 Å². The van der Waals surface area contributed by atoms with Gasteiger partial charge in [0.15, 0.2) is 5.76 Å². The summed E-state index contributed by atoms with van der Waals surface area (Å²) in [6.07, 6.45) is 2.78. The Hall–Kier alpha value is -3.13. The van der Waals surface area contributed by atoms with Crippen molar-refractivity contribution in [3.63, 3.8) is 0 Å². The molecule has 7 nitrogen and oxygen atoms in total. The number of hydrogen-bond acceptors (Lipinski definition) is 6. The second-order valence-corrected chi connectivity index (χ2v) is 8.39. The van der Waals surface area contributed by atoms with Gasteiger partial charge in [-0.2, -0.15) is 9.78 Å². The Bertz CT molecular complexity index is 1170. The summed E-state index contributed by atoms with van der Waals surface area (Å²) >= 11 is 3.42. The van der Waals surface area contributed by atoms with Crippen molar-refractivity contribution in [2.75, 3.05) is 5.32 Å². The lowest BCUT2D eigenvalue weighted by atomic mass is 10.2. The predicted molar refractivity (Wildman–Crippen MR) is 114 cm³/mol. The van der Waals surface area contributed by atoms with Crippen molar-refractivity contribution >= 4 is 44.6 Å². The summed E-state index contributed by atoms with van der Waals surface area (Å²) < 4.78 is 13.4. The van der Waals surface area contributed by atoms with Crippen LogP contribution in [0.5, 0.6) is 0 Å². The highest BCUT2D eigenvalue weighted by molar-refractivity contribution is 9.10. The zero-order valence-electron chi connectivity index (χ0n) is 16.1. The molecule has 8 heteroatoms. The lowest BCUT2D eigenvalue weighted by molar-refractivity contribution is 0.0522. The first kappa shape index (κ1) is 19.2. The van der Waals surface area contributed by atoms with Crippen LogP contribution in [0.4, 0.5) is 16.5 Å². The number of hydrogen-bond donors (Lipinski definition) is 1. The van der Waals surface area contributed by atoms with Gasteiger partial charge in [-0.3, -0.25) is 0 Å². The molecule has 0 bridgehead atoms. The molecule has 1 N–H and O–H groups in total. The van der Waals surface area contributed by atoms with E-state index in [9.17, 15) is 4.79 Å². The standard InChI is InChI=1S/C21H19BrN4O3/c1-21(2,3)29-20(27)26-17-9-8-16(10-14(17)11-24-26)25-19-23-12-18(28-19)13-4-6-15(22)7-5-13/h4-12H,1-3H3,(H,23,25). The maximum atomic E-state index is 12.3. The van der Waals surface area contributed by atoms with E-state index in [0.29, 0.717) is 17.3 Å². The van der Waals surface area contributed by atoms with Gasteiger partial charge in [-0.1, -0.05) is 28.1 Å². The summed E-state index contributed by atoms with van der Waals surface area (Å²) in [5.41, 5.74) is 1.77. The molecule has 148 valence electrons. The van der Waals surface area contributed by atoms with Crippen molar-refractivity contribution in [1.29, 1.82) is 0 Å². The van der Waals surface area contributed by atoms with E-state index in [1.807, 2.05) is 57.2 Å². The van der Waals surface area contributed by atoms with Crippen LogP contribution in [0, 0.1) is 0 Å². The van der Waals surface area contributed by atoms with Gasteiger partial charge in [0.1, 0.15) is 5.60 Å². The number of fused-ring (bicyclic) bond motifs is 1. The molecule has 2 heterocycles. The molecule has 2 aromatic carbocycles. The molecular formula is C21H19BrN4O3. The molecule has 0 aliphatic heterocycles. The average Bonchev–Trinajstić information content (AvgIpc) is 3.27. The zero-order valence-corrected chi connectivity index (χ0v) is 17.7. The molecule has 0 amide bonds. The van der Waals surface area contributed by atoms with Crippen LogP contribution in [0.2, 0.25) is 0 Å². The van der Waals surface area contributed by atoms with E-state index in [1.165, 1.54) is 4.68 Å². The van der Waals surface area contributed by atoms with Gasteiger partial charge in [-0.25, -0.2) is 9.78 Å². The second-order valence-electron chi connectivity index (χ2n) is 7.47. The fourth-order valence-corrected chi connectivity index (χ4v) is 3.03. The van der Waals surface area contributed by atoms with E-state index in [1.54, 1.807) is 18.5 Å². The second kappa shape index (κ2) is 7.36.